The van der Waals surface area contributed by atoms with E-state index >= 15 is 0 Å². The zero-order chi connectivity index (χ0) is 11.1. The molecule has 0 aliphatic rings. The summed E-state index contributed by atoms with van der Waals surface area (Å²) < 4.78 is 0. The molecule has 2 aromatic heterocycles. The number of aromatic amines is 2. The number of aromatic nitrogens is 3. The smallest absolute Gasteiger partial charge is 0.145 e. The second kappa shape index (κ2) is 3.13. The van der Waals surface area contributed by atoms with Gasteiger partial charge < -0.3 is 10.7 Å². The Balaban J connectivity index is 2.22. The van der Waals surface area contributed by atoms with Crippen LogP contribution in [-0.4, -0.2) is 15.2 Å². The molecular formula is C12H12N4. The molecule has 0 bridgehead atoms. The maximum absolute atomic E-state index is 5.58. The van der Waals surface area contributed by atoms with E-state index in [2.05, 4.69) is 40.3 Å². The number of nitrogen functional groups attached to an aromatic ring is 1. The Kier molecular flexibility index (Phi) is 1.77. The van der Waals surface area contributed by atoms with Crippen molar-refractivity contribution in [1.82, 2.24) is 15.2 Å². The predicted octanol–water partition coefficient (Wildman–Crippen LogP) is 2.45. The van der Waals surface area contributed by atoms with E-state index in [4.69, 9.17) is 5.73 Å². The quantitative estimate of drug-likeness (QED) is 0.579. The third-order valence-corrected chi connectivity index (χ3v) is 2.77. The Morgan fingerprint density at radius 3 is 2.75 bits per heavy atom. The van der Waals surface area contributed by atoms with Gasteiger partial charge in [-0.2, -0.15) is 5.10 Å². The topological polar surface area (TPSA) is 70.5 Å². The van der Waals surface area contributed by atoms with Gasteiger partial charge in [-0.15, -0.1) is 0 Å². The zero-order valence-electron chi connectivity index (χ0n) is 8.91. The molecule has 80 valence electrons. The van der Waals surface area contributed by atoms with Gasteiger partial charge in [-0.05, 0) is 24.6 Å². The summed E-state index contributed by atoms with van der Waals surface area (Å²) in [4.78, 5) is 3.34. The number of nitrogens with zero attached hydrogens (tertiary/aromatic N) is 1. The molecule has 0 unspecified atom stereocenters. The fraction of sp³-hybridized carbons (Fsp3) is 0.0833. The molecule has 0 fully saturated rings. The van der Waals surface area contributed by atoms with Gasteiger partial charge in [-0.25, -0.2) is 0 Å². The highest BCUT2D eigenvalue weighted by Gasteiger charge is 2.06. The van der Waals surface area contributed by atoms with E-state index in [1.54, 1.807) is 0 Å². The highest BCUT2D eigenvalue weighted by Crippen LogP contribution is 2.25. The Bertz CT molecular complexity index is 648. The average Bonchev–Trinajstić information content (AvgIpc) is 2.84. The van der Waals surface area contributed by atoms with Crippen molar-refractivity contribution in [1.29, 1.82) is 0 Å². The van der Waals surface area contributed by atoms with Crippen molar-refractivity contribution in [2.24, 2.45) is 0 Å². The maximum Gasteiger partial charge on any atom is 0.145 e. The standard InChI is InChI=1S/C12H12N4/c1-7-3-2-4-9-8(7)5-10(14-9)11-6-12(13)16-15-11/h2-6,14H,1H3,(H3,13,15,16). The average molecular weight is 212 g/mol. The van der Waals surface area contributed by atoms with Gasteiger partial charge in [0.05, 0.1) is 11.4 Å². The third-order valence-electron chi connectivity index (χ3n) is 2.77. The van der Waals surface area contributed by atoms with E-state index in [0.717, 1.165) is 16.9 Å². The van der Waals surface area contributed by atoms with Crippen LogP contribution in [0.3, 0.4) is 0 Å². The number of benzene rings is 1. The van der Waals surface area contributed by atoms with E-state index in [1.807, 2.05) is 12.1 Å². The number of hydrogen-bond donors (Lipinski definition) is 3. The van der Waals surface area contributed by atoms with Crippen molar-refractivity contribution in [3.8, 4) is 11.4 Å². The first-order valence-corrected chi connectivity index (χ1v) is 5.13. The molecule has 1 aromatic carbocycles. The molecule has 2 heterocycles. The highest BCUT2D eigenvalue weighted by atomic mass is 15.2. The van der Waals surface area contributed by atoms with Crippen LogP contribution in [0.1, 0.15) is 5.56 Å². The fourth-order valence-corrected chi connectivity index (χ4v) is 1.93. The van der Waals surface area contributed by atoms with Crippen LogP contribution in [-0.2, 0) is 0 Å². The van der Waals surface area contributed by atoms with Crippen molar-refractivity contribution in [2.45, 2.75) is 6.92 Å². The highest BCUT2D eigenvalue weighted by molar-refractivity contribution is 5.88. The summed E-state index contributed by atoms with van der Waals surface area (Å²) in [5.41, 5.74) is 9.89. The number of aryl methyl sites for hydroxylation is 1. The molecule has 16 heavy (non-hydrogen) atoms. The number of nitrogens with one attached hydrogen (secondary N) is 2. The van der Waals surface area contributed by atoms with Crippen molar-refractivity contribution in [3.05, 3.63) is 35.9 Å². The van der Waals surface area contributed by atoms with Gasteiger partial charge in [-0.1, -0.05) is 12.1 Å². The van der Waals surface area contributed by atoms with Gasteiger partial charge in [0.15, 0.2) is 0 Å². The lowest BCUT2D eigenvalue weighted by atomic mass is 10.1. The summed E-state index contributed by atoms with van der Waals surface area (Å²) in [6, 6.07) is 10.1. The molecule has 0 saturated heterocycles. The summed E-state index contributed by atoms with van der Waals surface area (Å²) in [5.74, 6) is 0.505. The lowest BCUT2D eigenvalue weighted by molar-refractivity contribution is 1.10. The van der Waals surface area contributed by atoms with Gasteiger partial charge in [0.1, 0.15) is 5.82 Å². The molecule has 0 saturated carbocycles. The van der Waals surface area contributed by atoms with E-state index in [1.165, 1.54) is 10.9 Å². The van der Waals surface area contributed by atoms with Gasteiger partial charge in [0.2, 0.25) is 0 Å². The number of rotatable bonds is 1. The lowest BCUT2D eigenvalue weighted by Gasteiger charge is -1.92. The minimum absolute atomic E-state index is 0.505. The summed E-state index contributed by atoms with van der Waals surface area (Å²) in [6.45, 7) is 2.10. The Hall–Kier alpha value is -2.23. The molecule has 0 aliphatic heterocycles. The van der Waals surface area contributed by atoms with Crippen LogP contribution >= 0.6 is 0 Å². The van der Waals surface area contributed by atoms with E-state index < -0.39 is 0 Å². The van der Waals surface area contributed by atoms with Crippen LogP contribution in [0, 0.1) is 6.92 Å². The van der Waals surface area contributed by atoms with Gasteiger partial charge in [-0.3, -0.25) is 5.10 Å². The largest absolute Gasteiger partial charge is 0.382 e. The monoisotopic (exact) mass is 212 g/mol. The fourth-order valence-electron chi connectivity index (χ4n) is 1.93. The van der Waals surface area contributed by atoms with Crippen LogP contribution in [0.4, 0.5) is 5.82 Å². The predicted molar refractivity (Wildman–Crippen MR) is 65.0 cm³/mol. The van der Waals surface area contributed by atoms with Crippen molar-refractivity contribution in [3.63, 3.8) is 0 Å². The Labute approximate surface area is 92.5 Å². The van der Waals surface area contributed by atoms with Crippen LogP contribution in [0.5, 0.6) is 0 Å². The molecular weight excluding hydrogens is 200 g/mol. The van der Waals surface area contributed by atoms with Gasteiger partial charge in [0, 0.05) is 17.0 Å². The first kappa shape index (κ1) is 9.03. The number of hydrogen-bond acceptors (Lipinski definition) is 2. The molecule has 4 N–H and O–H groups in total. The molecule has 4 nitrogen and oxygen atoms in total. The summed E-state index contributed by atoms with van der Waals surface area (Å²) in [5, 5.41) is 8.04. The number of nitrogens with two attached hydrogens (primary N) is 1. The van der Waals surface area contributed by atoms with E-state index in [-0.39, 0.29) is 0 Å². The SMILES string of the molecule is Cc1cccc2[nH]c(-c3cc(N)n[nH]3)cc12. The van der Waals surface area contributed by atoms with Gasteiger partial charge in [0.25, 0.3) is 0 Å². The van der Waals surface area contributed by atoms with E-state index in [9.17, 15) is 0 Å². The van der Waals surface area contributed by atoms with Crippen LogP contribution < -0.4 is 5.73 Å². The van der Waals surface area contributed by atoms with Crippen molar-refractivity contribution in [2.75, 3.05) is 5.73 Å². The molecule has 3 aromatic rings. The van der Waals surface area contributed by atoms with Crippen LogP contribution in [0.15, 0.2) is 30.3 Å². The molecule has 0 aliphatic carbocycles. The second-order valence-electron chi connectivity index (χ2n) is 3.93. The molecule has 0 atom stereocenters. The molecule has 0 spiro atoms. The first-order chi connectivity index (χ1) is 7.74. The van der Waals surface area contributed by atoms with Crippen LogP contribution in [0.2, 0.25) is 0 Å². The Morgan fingerprint density at radius 2 is 2.06 bits per heavy atom. The number of fused-ring (bicyclic) bond motifs is 1. The number of H-pyrrole nitrogens is 2. The molecule has 0 radical (unpaired) electrons. The first-order valence-electron chi connectivity index (χ1n) is 5.13. The lowest BCUT2D eigenvalue weighted by Crippen LogP contribution is -1.81. The van der Waals surface area contributed by atoms with Crippen LogP contribution in [0.25, 0.3) is 22.3 Å². The summed E-state index contributed by atoms with van der Waals surface area (Å²) >= 11 is 0. The van der Waals surface area contributed by atoms with Gasteiger partial charge >= 0.3 is 0 Å². The van der Waals surface area contributed by atoms with E-state index in [0.29, 0.717) is 5.82 Å². The number of anilines is 1. The molecule has 3 rings (SSSR count). The minimum atomic E-state index is 0.505. The van der Waals surface area contributed by atoms with Crippen molar-refractivity contribution >= 4 is 16.7 Å². The summed E-state index contributed by atoms with van der Waals surface area (Å²) in [6.07, 6.45) is 0. The minimum Gasteiger partial charge on any atom is -0.382 e. The second-order valence-corrected chi connectivity index (χ2v) is 3.93. The summed E-state index contributed by atoms with van der Waals surface area (Å²) in [7, 11) is 0. The Morgan fingerprint density at radius 1 is 1.19 bits per heavy atom. The zero-order valence-corrected chi connectivity index (χ0v) is 8.91. The normalized spacial score (nSPS) is 11.1. The molecule has 0 amide bonds. The maximum atomic E-state index is 5.58. The van der Waals surface area contributed by atoms with Crippen molar-refractivity contribution < 1.29 is 0 Å². The third kappa shape index (κ3) is 1.27. The molecule has 4 heteroatoms.